The summed E-state index contributed by atoms with van der Waals surface area (Å²) in [6.07, 6.45) is 0. The standard InChI is InChI=1S/C12H11NO5/c1-6(11(15)16)13-9-4-3-8(7(2)14)5-10(9)18-12(13)17/h3-6H,1-2H3,(H,15,16). The number of carboxylic acid groups (broad SMARTS) is 1. The number of ketones is 1. The number of Topliss-reactive ketones (excluding diaryl/α,β-unsaturated/α-hetero) is 1. The van der Waals surface area contributed by atoms with Crippen LogP contribution in [-0.4, -0.2) is 21.4 Å². The largest absolute Gasteiger partial charge is 0.480 e. The highest BCUT2D eigenvalue weighted by Crippen LogP contribution is 2.19. The molecule has 0 amide bonds. The van der Waals surface area contributed by atoms with Crippen molar-refractivity contribution in [2.75, 3.05) is 0 Å². The topological polar surface area (TPSA) is 89.5 Å². The minimum absolute atomic E-state index is 0.154. The number of aliphatic carboxylic acids is 1. The third kappa shape index (κ3) is 1.81. The van der Waals surface area contributed by atoms with Crippen LogP contribution in [0.15, 0.2) is 27.4 Å². The van der Waals surface area contributed by atoms with E-state index in [2.05, 4.69) is 0 Å². The Kier molecular flexibility index (Phi) is 2.78. The first-order valence-electron chi connectivity index (χ1n) is 5.30. The van der Waals surface area contributed by atoms with Gasteiger partial charge in [0.15, 0.2) is 11.4 Å². The van der Waals surface area contributed by atoms with Crippen LogP contribution in [0.5, 0.6) is 0 Å². The van der Waals surface area contributed by atoms with Crippen molar-refractivity contribution in [2.45, 2.75) is 19.9 Å². The number of aromatic nitrogens is 1. The van der Waals surface area contributed by atoms with E-state index in [-0.39, 0.29) is 11.4 Å². The lowest BCUT2D eigenvalue weighted by molar-refractivity contribution is -0.140. The predicted octanol–water partition coefficient (Wildman–Crippen LogP) is 1.44. The highest BCUT2D eigenvalue weighted by Gasteiger charge is 2.20. The summed E-state index contributed by atoms with van der Waals surface area (Å²) in [5, 5.41) is 8.93. The van der Waals surface area contributed by atoms with E-state index >= 15 is 0 Å². The maximum Gasteiger partial charge on any atom is 0.420 e. The maximum absolute atomic E-state index is 11.6. The highest BCUT2D eigenvalue weighted by molar-refractivity contribution is 5.97. The number of fused-ring (bicyclic) bond motifs is 1. The van der Waals surface area contributed by atoms with Crippen molar-refractivity contribution in [3.63, 3.8) is 0 Å². The number of carboxylic acids is 1. The zero-order valence-electron chi connectivity index (χ0n) is 9.84. The number of oxazole rings is 1. The first kappa shape index (κ1) is 12.1. The van der Waals surface area contributed by atoms with Gasteiger partial charge in [-0.25, -0.2) is 9.59 Å². The van der Waals surface area contributed by atoms with Crippen LogP contribution in [-0.2, 0) is 4.79 Å². The molecule has 0 aliphatic rings. The monoisotopic (exact) mass is 249 g/mol. The lowest BCUT2D eigenvalue weighted by atomic mass is 10.1. The van der Waals surface area contributed by atoms with E-state index in [1.54, 1.807) is 0 Å². The molecule has 0 radical (unpaired) electrons. The molecule has 2 rings (SSSR count). The maximum atomic E-state index is 11.6. The Balaban J connectivity index is 2.70. The van der Waals surface area contributed by atoms with Gasteiger partial charge in [-0.15, -0.1) is 0 Å². The second kappa shape index (κ2) is 4.14. The summed E-state index contributed by atoms with van der Waals surface area (Å²) in [6, 6.07) is 3.45. The molecule has 0 bridgehead atoms. The lowest BCUT2D eigenvalue weighted by Gasteiger charge is -2.06. The second-order valence-electron chi connectivity index (χ2n) is 3.99. The van der Waals surface area contributed by atoms with Crippen LogP contribution >= 0.6 is 0 Å². The Hall–Kier alpha value is -2.37. The molecule has 94 valence electrons. The molecule has 0 saturated heterocycles. The van der Waals surface area contributed by atoms with E-state index in [0.717, 1.165) is 4.57 Å². The van der Waals surface area contributed by atoms with E-state index in [1.165, 1.54) is 32.0 Å². The van der Waals surface area contributed by atoms with Crippen LogP contribution in [0, 0.1) is 0 Å². The molecule has 0 aliphatic heterocycles. The first-order valence-corrected chi connectivity index (χ1v) is 5.30. The van der Waals surface area contributed by atoms with Crippen LogP contribution < -0.4 is 5.76 Å². The summed E-state index contributed by atoms with van der Waals surface area (Å²) in [6.45, 7) is 2.79. The van der Waals surface area contributed by atoms with E-state index in [1.807, 2.05) is 0 Å². The van der Waals surface area contributed by atoms with Gasteiger partial charge < -0.3 is 9.52 Å². The fraction of sp³-hybridized carbons (Fsp3) is 0.250. The Morgan fingerprint density at radius 2 is 2.06 bits per heavy atom. The van der Waals surface area contributed by atoms with Crippen LogP contribution in [0.4, 0.5) is 0 Å². The van der Waals surface area contributed by atoms with Gasteiger partial charge in [0.1, 0.15) is 6.04 Å². The predicted molar refractivity (Wildman–Crippen MR) is 62.8 cm³/mol. The molecule has 0 fully saturated rings. The molecule has 2 aromatic rings. The SMILES string of the molecule is CC(=O)c1ccc2c(c1)oc(=O)n2C(C)C(=O)O. The first-order chi connectivity index (χ1) is 8.41. The van der Waals surface area contributed by atoms with Gasteiger partial charge in [0.05, 0.1) is 5.52 Å². The van der Waals surface area contributed by atoms with Gasteiger partial charge in [-0.1, -0.05) is 0 Å². The molecule has 1 aromatic heterocycles. The lowest BCUT2D eigenvalue weighted by Crippen LogP contribution is -2.24. The molecule has 1 atom stereocenters. The van der Waals surface area contributed by atoms with Gasteiger partial charge >= 0.3 is 11.7 Å². The van der Waals surface area contributed by atoms with E-state index < -0.39 is 17.8 Å². The minimum atomic E-state index is -1.13. The summed E-state index contributed by atoms with van der Waals surface area (Å²) in [4.78, 5) is 33.7. The Labute approximate surface area is 101 Å². The summed E-state index contributed by atoms with van der Waals surface area (Å²) in [5.41, 5.74) is 0.979. The molecular formula is C12H11NO5. The van der Waals surface area contributed by atoms with Crippen molar-refractivity contribution in [1.29, 1.82) is 0 Å². The van der Waals surface area contributed by atoms with Gasteiger partial charge in [-0.05, 0) is 32.0 Å². The molecule has 6 heteroatoms. The van der Waals surface area contributed by atoms with Crippen molar-refractivity contribution >= 4 is 22.9 Å². The summed E-state index contributed by atoms with van der Waals surface area (Å²) >= 11 is 0. The fourth-order valence-corrected chi connectivity index (χ4v) is 1.73. The number of carbonyl (C=O) groups is 2. The fourth-order valence-electron chi connectivity index (χ4n) is 1.73. The van der Waals surface area contributed by atoms with Gasteiger partial charge in [-0.3, -0.25) is 9.36 Å². The number of hydrogen-bond acceptors (Lipinski definition) is 4. The highest BCUT2D eigenvalue weighted by atomic mass is 16.4. The molecule has 1 heterocycles. The van der Waals surface area contributed by atoms with Crippen LogP contribution in [0.2, 0.25) is 0 Å². The number of nitrogens with zero attached hydrogens (tertiary/aromatic N) is 1. The summed E-state index contributed by atoms with van der Waals surface area (Å²) in [5.74, 6) is -2.03. The molecule has 0 aliphatic carbocycles. The van der Waals surface area contributed by atoms with Gasteiger partial charge in [0, 0.05) is 5.56 Å². The minimum Gasteiger partial charge on any atom is -0.480 e. The number of rotatable bonds is 3. The van der Waals surface area contributed by atoms with E-state index in [9.17, 15) is 14.4 Å². The van der Waals surface area contributed by atoms with Crippen molar-refractivity contribution in [2.24, 2.45) is 0 Å². The zero-order chi connectivity index (χ0) is 13.4. The van der Waals surface area contributed by atoms with E-state index in [0.29, 0.717) is 11.1 Å². The van der Waals surface area contributed by atoms with Crippen LogP contribution in [0.1, 0.15) is 30.2 Å². The molecule has 1 unspecified atom stereocenters. The number of benzene rings is 1. The smallest absolute Gasteiger partial charge is 0.420 e. The van der Waals surface area contributed by atoms with Gasteiger partial charge in [-0.2, -0.15) is 0 Å². The second-order valence-corrected chi connectivity index (χ2v) is 3.99. The average molecular weight is 249 g/mol. The zero-order valence-corrected chi connectivity index (χ0v) is 9.84. The third-order valence-corrected chi connectivity index (χ3v) is 2.76. The molecule has 0 spiro atoms. The van der Waals surface area contributed by atoms with Crippen LogP contribution in [0.3, 0.4) is 0 Å². The molecular weight excluding hydrogens is 238 g/mol. The quantitative estimate of drug-likeness (QED) is 0.831. The summed E-state index contributed by atoms with van der Waals surface area (Å²) < 4.78 is 6.00. The molecule has 6 nitrogen and oxygen atoms in total. The normalized spacial score (nSPS) is 12.6. The Morgan fingerprint density at radius 3 is 2.61 bits per heavy atom. The molecule has 0 saturated carbocycles. The van der Waals surface area contributed by atoms with Crippen molar-refractivity contribution < 1.29 is 19.1 Å². The Morgan fingerprint density at radius 1 is 1.39 bits per heavy atom. The molecule has 1 aromatic carbocycles. The summed E-state index contributed by atoms with van der Waals surface area (Å²) in [7, 11) is 0. The third-order valence-electron chi connectivity index (χ3n) is 2.76. The van der Waals surface area contributed by atoms with Crippen molar-refractivity contribution in [1.82, 2.24) is 4.57 Å². The molecule has 1 N–H and O–H groups in total. The van der Waals surface area contributed by atoms with Crippen molar-refractivity contribution in [3.05, 3.63) is 34.3 Å². The number of carbonyl (C=O) groups excluding carboxylic acids is 1. The van der Waals surface area contributed by atoms with E-state index in [4.69, 9.17) is 9.52 Å². The van der Waals surface area contributed by atoms with Gasteiger partial charge in [0.2, 0.25) is 0 Å². The molecule has 18 heavy (non-hydrogen) atoms. The van der Waals surface area contributed by atoms with Crippen LogP contribution in [0.25, 0.3) is 11.1 Å². The van der Waals surface area contributed by atoms with Crippen molar-refractivity contribution in [3.8, 4) is 0 Å². The Bertz CT molecular complexity index is 694. The van der Waals surface area contributed by atoms with Gasteiger partial charge in [0.25, 0.3) is 0 Å². The number of hydrogen-bond donors (Lipinski definition) is 1. The average Bonchev–Trinajstić information content (AvgIpc) is 2.62.